The average Bonchev–Trinajstić information content (AvgIpc) is 2.56. The first kappa shape index (κ1) is 13.2. The third-order valence-corrected chi connectivity index (χ3v) is 3.73. The third-order valence-electron chi connectivity index (χ3n) is 3.15. The van der Waals surface area contributed by atoms with Gasteiger partial charge >= 0.3 is 0 Å². The highest BCUT2D eigenvalue weighted by Gasteiger charge is 2.09. The highest BCUT2D eigenvalue weighted by molar-refractivity contribution is 6.35. The molecule has 0 atom stereocenters. The Morgan fingerprint density at radius 1 is 1.18 bits per heavy atom. The Bertz CT molecular complexity index is 360. The number of hydrogen-bond acceptors (Lipinski definition) is 2. The summed E-state index contributed by atoms with van der Waals surface area (Å²) in [7, 11) is 0. The van der Waals surface area contributed by atoms with E-state index in [2.05, 4.69) is 10.2 Å². The van der Waals surface area contributed by atoms with Crippen LogP contribution in [0.15, 0.2) is 18.2 Å². The van der Waals surface area contributed by atoms with E-state index in [1.807, 2.05) is 18.2 Å². The fourth-order valence-electron chi connectivity index (χ4n) is 2.13. The molecule has 2 nitrogen and oxygen atoms in total. The fourth-order valence-corrected chi connectivity index (χ4v) is 2.63. The molecule has 0 aliphatic carbocycles. The molecule has 0 radical (unpaired) electrons. The van der Waals surface area contributed by atoms with Gasteiger partial charge in [0.05, 0.1) is 0 Å². The maximum absolute atomic E-state index is 6.16. The molecule has 0 spiro atoms. The summed E-state index contributed by atoms with van der Waals surface area (Å²) >= 11 is 12.0. The van der Waals surface area contributed by atoms with Crippen LogP contribution >= 0.6 is 23.2 Å². The Morgan fingerprint density at radius 3 is 2.88 bits per heavy atom. The van der Waals surface area contributed by atoms with Crippen LogP contribution in [0.1, 0.15) is 12.0 Å². The Balaban J connectivity index is 1.88. The molecule has 1 N–H and O–H groups in total. The SMILES string of the molecule is Clc1ccc(CCN2CCCNCC2)c(Cl)c1. The number of hydrogen-bond donors (Lipinski definition) is 1. The smallest absolute Gasteiger partial charge is 0.0453 e. The summed E-state index contributed by atoms with van der Waals surface area (Å²) in [6, 6.07) is 5.76. The summed E-state index contributed by atoms with van der Waals surface area (Å²) in [5.74, 6) is 0. The summed E-state index contributed by atoms with van der Waals surface area (Å²) < 4.78 is 0. The monoisotopic (exact) mass is 272 g/mol. The lowest BCUT2D eigenvalue weighted by Gasteiger charge is -2.19. The van der Waals surface area contributed by atoms with Gasteiger partial charge in [0.1, 0.15) is 0 Å². The van der Waals surface area contributed by atoms with Crippen molar-refractivity contribution in [1.82, 2.24) is 10.2 Å². The van der Waals surface area contributed by atoms with Crippen LogP contribution in [-0.2, 0) is 6.42 Å². The summed E-state index contributed by atoms with van der Waals surface area (Å²) in [6.45, 7) is 5.61. The molecule has 0 unspecified atom stereocenters. The molecule has 0 aromatic heterocycles. The molecule has 17 heavy (non-hydrogen) atoms. The largest absolute Gasteiger partial charge is 0.315 e. The average molecular weight is 273 g/mol. The maximum atomic E-state index is 6.16. The predicted molar refractivity (Wildman–Crippen MR) is 74.1 cm³/mol. The Hall–Kier alpha value is -0.280. The molecule has 0 bridgehead atoms. The van der Waals surface area contributed by atoms with E-state index in [1.54, 1.807) is 0 Å². The van der Waals surface area contributed by atoms with Gasteiger partial charge in [-0.2, -0.15) is 0 Å². The third kappa shape index (κ3) is 4.14. The maximum Gasteiger partial charge on any atom is 0.0453 e. The van der Waals surface area contributed by atoms with Crippen molar-refractivity contribution in [3.8, 4) is 0 Å². The molecule has 1 aliphatic rings. The van der Waals surface area contributed by atoms with Gasteiger partial charge in [-0.25, -0.2) is 0 Å². The summed E-state index contributed by atoms with van der Waals surface area (Å²) in [4.78, 5) is 2.49. The van der Waals surface area contributed by atoms with Gasteiger partial charge in [0.2, 0.25) is 0 Å². The van der Waals surface area contributed by atoms with Crippen molar-refractivity contribution in [2.24, 2.45) is 0 Å². The van der Waals surface area contributed by atoms with Crippen molar-refractivity contribution in [1.29, 1.82) is 0 Å². The van der Waals surface area contributed by atoms with Gasteiger partial charge in [0.25, 0.3) is 0 Å². The van der Waals surface area contributed by atoms with Crippen LogP contribution in [0.3, 0.4) is 0 Å². The van der Waals surface area contributed by atoms with E-state index in [1.165, 1.54) is 18.5 Å². The minimum atomic E-state index is 0.706. The fraction of sp³-hybridized carbons (Fsp3) is 0.538. The zero-order valence-corrected chi connectivity index (χ0v) is 11.4. The minimum absolute atomic E-state index is 0.706. The lowest BCUT2D eigenvalue weighted by atomic mass is 10.1. The Labute approximate surface area is 113 Å². The number of benzene rings is 1. The van der Waals surface area contributed by atoms with Crippen LogP contribution in [0.5, 0.6) is 0 Å². The lowest BCUT2D eigenvalue weighted by Crippen LogP contribution is -2.30. The zero-order valence-electron chi connectivity index (χ0n) is 9.88. The van der Waals surface area contributed by atoms with E-state index in [0.717, 1.165) is 37.6 Å². The minimum Gasteiger partial charge on any atom is -0.315 e. The molecule has 0 amide bonds. The molecule has 2 rings (SSSR count). The first-order valence-corrected chi connectivity index (χ1v) is 6.88. The van der Waals surface area contributed by atoms with E-state index < -0.39 is 0 Å². The summed E-state index contributed by atoms with van der Waals surface area (Å²) in [5.41, 5.74) is 1.19. The van der Waals surface area contributed by atoms with Gasteiger partial charge in [0.15, 0.2) is 0 Å². The number of rotatable bonds is 3. The molecule has 1 aliphatic heterocycles. The first-order valence-electron chi connectivity index (χ1n) is 6.13. The van der Waals surface area contributed by atoms with E-state index in [4.69, 9.17) is 23.2 Å². The van der Waals surface area contributed by atoms with Crippen molar-refractivity contribution in [2.75, 3.05) is 32.7 Å². The molecular weight excluding hydrogens is 255 g/mol. The van der Waals surface area contributed by atoms with Gasteiger partial charge in [-0.3, -0.25) is 0 Å². The van der Waals surface area contributed by atoms with Gasteiger partial charge in [-0.15, -0.1) is 0 Å². The van der Waals surface area contributed by atoms with Crippen molar-refractivity contribution in [3.63, 3.8) is 0 Å². The van der Waals surface area contributed by atoms with E-state index >= 15 is 0 Å². The second kappa shape index (κ2) is 6.60. The Morgan fingerprint density at radius 2 is 2.06 bits per heavy atom. The first-order chi connectivity index (χ1) is 8.25. The van der Waals surface area contributed by atoms with Crippen LogP contribution in [-0.4, -0.2) is 37.6 Å². The van der Waals surface area contributed by atoms with Gasteiger partial charge < -0.3 is 10.2 Å². The van der Waals surface area contributed by atoms with Crippen LogP contribution in [0, 0.1) is 0 Å². The van der Waals surface area contributed by atoms with E-state index in [-0.39, 0.29) is 0 Å². The number of nitrogens with one attached hydrogen (secondary N) is 1. The van der Waals surface area contributed by atoms with Gasteiger partial charge in [-0.05, 0) is 43.6 Å². The topological polar surface area (TPSA) is 15.3 Å². The second-order valence-electron chi connectivity index (χ2n) is 4.43. The number of halogens is 2. The lowest BCUT2D eigenvalue weighted by molar-refractivity contribution is 0.296. The van der Waals surface area contributed by atoms with Crippen molar-refractivity contribution >= 4 is 23.2 Å². The highest BCUT2D eigenvalue weighted by atomic mass is 35.5. The quantitative estimate of drug-likeness (QED) is 0.911. The highest BCUT2D eigenvalue weighted by Crippen LogP contribution is 2.21. The molecule has 1 fully saturated rings. The van der Waals surface area contributed by atoms with Crippen LogP contribution in [0.2, 0.25) is 10.0 Å². The molecular formula is C13H18Cl2N2. The summed E-state index contributed by atoms with van der Waals surface area (Å²) in [6.07, 6.45) is 2.23. The summed E-state index contributed by atoms with van der Waals surface area (Å²) in [5, 5.41) is 4.90. The molecule has 94 valence electrons. The van der Waals surface area contributed by atoms with Gasteiger partial charge in [-0.1, -0.05) is 29.3 Å². The molecule has 1 saturated heterocycles. The molecule has 1 aromatic rings. The second-order valence-corrected chi connectivity index (χ2v) is 5.27. The van der Waals surface area contributed by atoms with Crippen LogP contribution in [0.25, 0.3) is 0 Å². The van der Waals surface area contributed by atoms with E-state index in [0.29, 0.717) is 5.02 Å². The molecule has 0 saturated carbocycles. The predicted octanol–water partition coefficient (Wildman–Crippen LogP) is 2.83. The standard InChI is InChI=1S/C13H18Cl2N2/c14-12-3-2-11(13(15)10-12)4-8-17-7-1-5-16-6-9-17/h2-3,10,16H,1,4-9H2. The Kier molecular flexibility index (Phi) is 5.11. The van der Waals surface area contributed by atoms with Crippen molar-refractivity contribution < 1.29 is 0 Å². The van der Waals surface area contributed by atoms with E-state index in [9.17, 15) is 0 Å². The number of nitrogens with zero attached hydrogens (tertiary/aromatic N) is 1. The van der Waals surface area contributed by atoms with Crippen molar-refractivity contribution in [3.05, 3.63) is 33.8 Å². The van der Waals surface area contributed by atoms with Crippen LogP contribution < -0.4 is 5.32 Å². The normalized spacial score (nSPS) is 18.0. The molecule has 4 heteroatoms. The van der Waals surface area contributed by atoms with Gasteiger partial charge in [0, 0.05) is 29.7 Å². The zero-order chi connectivity index (χ0) is 12.1. The molecule has 1 heterocycles. The molecule has 1 aromatic carbocycles. The van der Waals surface area contributed by atoms with Crippen LogP contribution in [0.4, 0.5) is 0 Å². The van der Waals surface area contributed by atoms with Crippen molar-refractivity contribution in [2.45, 2.75) is 12.8 Å².